The number of carbonyl (C=O) groups excluding carboxylic acids is 2. The number of benzene rings is 2. The van der Waals surface area contributed by atoms with Gasteiger partial charge in [0, 0.05) is 0 Å². The topological polar surface area (TPSA) is 78.0 Å². The first-order valence-electron chi connectivity index (χ1n) is 10.5. The number of rotatable bonds is 6. The van der Waals surface area contributed by atoms with Gasteiger partial charge in [0.25, 0.3) is 5.91 Å². The average molecular weight is 471 g/mol. The van der Waals surface area contributed by atoms with Crippen LogP contribution in [-0.4, -0.2) is 35.7 Å². The van der Waals surface area contributed by atoms with Crippen LogP contribution >= 0.6 is 11.3 Å². The number of esters is 1. The Kier molecular flexibility index (Phi) is 6.60. The molecule has 172 valence electrons. The van der Waals surface area contributed by atoms with Crippen molar-refractivity contribution in [3.05, 3.63) is 70.5 Å². The Hall–Kier alpha value is -3.46. The van der Waals surface area contributed by atoms with E-state index >= 15 is 0 Å². The zero-order chi connectivity index (χ0) is 23.5. The van der Waals surface area contributed by atoms with Crippen LogP contribution in [0, 0.1) is 12.7 Å². The van der Waals surface area contributed by atoms with Crippen molar-refractivity contribution in [2.45, 2.75) is 39.5 Å². The summed E-state index contributed by atoms with van der Waals surface area (Å²) in [6.07, 6.45) is -1.50. The van der Waals surface area contributed by atoms with Gasteiger partial charge in [0.2, 0.25) is 6.10 Å². The molecule has 1 aliphatic heterocycles. The van der Waals surface area contributed by atoms with Gasteiger partial charge in [-0.2, -0.15) is 0 Å². The van der Waals surface area contributed by atoms with Gasteiger partial charge in [0.1, 0.15) is 16.8 Å². The number of carbonyl (C=O) groups is 2. The Morgan fingerprint density at radius 1 is 1.12 bits per heavy atom. The number of halogens is 1. The summed E-state index contributed by atoms with van der Waals surface area (Å²) < 4.78 is 30.4. The summed E-state index contributed by atoms with van der Waals surface area (Å²) in [4.78, 5) is 32.2. The number of hydrogen-bond donors (Lipinski definition) is 0. The molecule has 2 heterocycles. The first-order chi connectivity index (χ1) is 15.9. The molecule has 1 aromatic heterocycles. The number of hydrogen-bond acceptors (Lipinski definition) is 7. The van der Waals surface area contributed by atoms with E-state index in [2.05, 4.69) is 4.98 Å². The first kappa shape index (κ1) is 22.7. The van der Waals surface area contributed by atoms with Crippen molar-refractivity contribution in [1.82, 2.24) is 4.98 Å². The number of aromatic nitrogens is 1. The predicted octanol–water partition coefficient (Wildman–Crippen LogP) is 4.53. The normalized spacial score (nSPS) is 16.8. The molecule has 0 radical (unpaired) electrons. The van der Waals surface area contributed by atoms with E-state index < -0.39 is 18.2 Å². The highest BCUT2D eigenvalue weighted by atomic mass is 32.1. The number of amides is 1. The van der Waals surface area contributed by atoms with E-state index in [1.54, 1.807) is 51.1 Å². The molecule has 33 heavy (non-hydrogen) atoms. The Labute approximate surface area is 194 Å². The molecule has 0 aliphatic carbocycles. The van der Waals surface area contributed by atoms with Crippen LogP contribution in [0.15, 0.2) is 48.5 Å². The quantitative estimate of drug-likeness (QED) is 0.493. The second-order valence-electron chi connectivity index (χ2n) is 7.49. The molecule has 2 atom stereocenters. The summed E-state index contributed by atoms with van der Waals surface area (Å²) in [5.74, 6) is -0.217. The van der Waals surface area contributed by atoms with Crippen LogP contribution in [0.25, 0.3) is 0 Å². The predicted molar refractivity (Wildman–Crippen MR) is 121 cm³/mol. The lowest BCUT2D eigenvalue weighted by molar-refractivity contribution is -0.130. The fourth-order valence-corrected chi connectivity index (χ4v) is 4.41. The third kappa shape index (κ3) is 4.83. The van der Waals surface area contributed by atoms with E-state index in [0.29, 0.717) is 32.8 Å². The molecule has 0 saturated heterocycles. The van der Waals surface area contributed by atoms with E-state index in [0.717, 1.165) is 11.3 Å². The van der Waals surface area contributed by atoms with Crippen LogP contribution in [0.3, 0.4) is 0 Å². The highest BCUT2D eigenvalue weighted by molar-refractivity contribution is 7.17. The van der Waals surface area contributed by atoms with Crippen molar-refractivity contribution in [2.24, 2.45) is 0 Å². The van der Waals surface area contributed by atoms with Gasteiger partial charge in [-0.05, 0) is 50.6 Å². The Balaban J connectivity index is 1.68. The standard InChI is InChI=1S/C24H23FN2O5S/c1-4-30-23(29)21-14(2)26-24(33-21)27(13-16-9-11-17(25)12-10-16)22(28)20-15(3)31-18-7-5-6-8-19(18)32-20/h5-12,15,20H,4,13H2,1-3H3. The summed E-state index contributed by atoms with van der Waals surface area (Å²) in [5, 5.41) is 0.319. The molecule has 2 aromatic carbocycles. The van der Waals surface area contributed by atoms with Crippen LogP contribution in [0.4, 0.5) is 9.52 Å². The van der Waals surface area contributed by atoms with E-state index in [9.17, 15) is 14.0 Å². The first-order valence-corrected chi connectivity index (χ1v) is 11.3. The number of thiazole rings is 1. The smallest absolute Gasteiger partial charge is 0.350 e. The van der Waals surface area contributed by atoms with Crippen molar-refractivity contribution in [2.75, 3.05) is 11.5 Å². The number of para-hydroxylation sites is 2. The van der Waals surface area contributed by atoms with Gasteiger partial charge in [-0.1, -0.05) is 35.6 Å². The van der Waals surface area contributed by atoms with Gasteiger partial charge in [0.15, 0.2) is 16.6 Å². The number of nitrogens with zero attached hydrogens (tertiary/aromatic N) is 2. The number of aryl methyl sites for hydroxylation is 1. The van der Waals surface area contributed by atoms with Gasteiger partial charge in [0.05, 0.1) is 18.8 Å². The Morgan fingerprint density at radius 2 is 1.79 bits per heavy atom. The van der Waals surface area contributed by atoms with E-state index in [-0.39, 0.29) is 24.9 Å². The maximum atomic E-state index is 13.7. The Morgan fingerprint density at radius 3 is 2.45 bits per heavy atom. The minimum absolute atomic E-state index is 0.114. The maximum Gasteiger partial charge on any atom is 0.350 e. The molecule has 2 unspecified atom stereocenters. The average Bonchev–Trinajstić information content (AvgIpc) is 3.19. The molecule has 4 rings (SSSR count). The third-order valence-corrected chi connectivity index (χ3v) is 6.24. The molecule has 0 spiro atoms. The van der Waals surface area contributed by atoms with Crippen molar-refractivity contribution >= 4 is 28.3 Å². The largest absolute Gasteiger partial charge is 0.482 e. The van der Waals surface area contributed by atoms with Crippen molar-refractivity contribution in [3.8, 4) is 11.5 Å². The van der Waals surface area contributed by atoms with E-state index in [1.807, 2.05) is 6.07 Å². The molecular formula is C24H23FN2O5S. The second-order valence-corrected chi connectivity index (χ2v) is 8.47. The molecule has 0 bridgehead atoms. The van der Waals surface area contributed by atoms with Gasteiger partial charge in [-0.3, -0.25) is 9.69 Å². The molecular weight excluding hydrogens is 447 g/mol. The summed E-state index contributed by atoms with van der Waals surface area (Å²) in [5.41, 5.74) is 1.16. The molecule has 7 nitrogen and oxygen atoms in total. The number of anilines is 1. The molecule has 3 aromatic rings. The summed E-state index contributed by atoms with van der Waals surface area (Å²) in [7, 11) is 0. The molecule has 9 heteroatoms. The van der Waals surface area contributed by atoms with Crippen LogP contribution in [-0.2, 0) is 16.1 Å². The second kappa shape index (κ2) is 9.58. The minimum Gasteiger partial charge on any atom is -0.482 e. The lowest BCUT2D eigenvalue weighted by Gasteiger charge is -2.33. The van der Waals surface area contributed by atoms with Gasteiger partial charge in [-0.25, -0.2) is 14.2 Å². The fraction of sp³-hybridized carbons (Fsp3) is 0.292. The molecule has 0 fully saturated rings. The SMILES string of the molecule is CCOC(=O)c1sc(N(Cc2ccc(F)cc2)C(=O)C2Oc3ccccc3OC2C)nc1C. The summed E-state index contributed by atoms with van der Waals surface area (Å²) in [6, 6.07) is 13.0. The van der Waals surface area contributed by atoms with Crippen LogP contribution in [0.2, 0.25) is 0 Å². The lowest BCUT2D eigenvalue weighted by Crippen LogP contribution is -2.50. The zero-order valence-corrected chi connectivity index (χ0v) is 19.2. The van der Waals surface area contributed by atoms with Crippen molar-refractivity contribution < 1.29 is 28.2 Å². The Bertz CT molecular complexity index is 1160. The van der Waals surface area contributed by atoms with Crippen molar-refractivity contribution in [3.63, 3.8) is 0 Å². The molecule has 1 amide bonds. The summed E-state index contributed by atoms with van der Waals surface area (Å²) in [6.45, 7) is 5.51. The highest BCUT2D eigenvalue weighted by Crippen LogP contribution is 2.35. The van der Waals surface area contributed by atoms with Crippen molar-refractivity contribution in [1.29, 1.82) is 0 Å². The van der Waals surface area contributed by atoms with Crippen LogP contribution in [0.5, 0.6) is 11.5 Å². The fourth-order valence-electron chi connectivity index (χ4n) is 3.44. The minimum atomic E-state index is -0.935. The number of ether oxygens (including phenoxy) is 3. The zero-order valence-electron chi connectivity index (χ0n) is 18.4. The van der Waals surface area contributed by atoms with Crippen LogP contribution < -0.4 is 14.4 Å². The molecule has 1 aliphatic rings. The molecule has 0 N–H and O–H groups in total. The third-order valence-electron chi connectivity index (χ3n) is 5.08. The van der Waals surface area contributed by atoms with E-state index in [1.165, 1.54) is 17.0 Å². The number of fused-ring (bicyclic) bond motifs is 1. The van der Waals surface area contributed by atoms with Gasteiger partial charge < -0.3 is 14.2 Å². The monoisotopic (exact) mass is 470 g/mol. The highest BCUT2D eigenvalue weighted by Gasteiger charge is 2.38. The van der Waals surface area contributed by atoms with Crippen LogP contribution in [0.1, 0.15) is 34.8 Å². The van der Waals surface area contributed by atoms with Gasteiger partial charge >= 0.3 is 5.97 Å². The van der Waals surface area contributed by atoms with Gasteiger partial charge in [-0.15, -0.1) is 0 Å². The molecule has 0 saturated carbocycles. The lowest BCUT2D eigenvalue weighted by atomic mass is 10.1. The summed E-state index contributed by atoms with van der Waals surface area (Å²) >= 11 is 1.07. The van der Waals surface area contributed by atoms with E-state index in [4.69, 9.17) is 14.2 Å². The maximum absolute atomic E-state index is 13.7.